The number of amides is 6. The number of unbranched alkanes of at least 4 members (excludes halogenated alkanes) is 2. The number of halogens is 1. The molecule has 2 aromatic heterocycles. The lowest BCUT2D eigenvalue weighted by Gasteiger charge is -2.32. The normalized spacial score (nSPS) is 18.6. The number of rotatable bonds is 16. The van der Waals surface area contributed by atoms with Gasteiger partial charge in [0.25, 0.3) is 17.4 Å². The number of ether oxygens (including phenoxy) is 4. The summed E-state index contributed by atoms with van der Waals surface area (Å²) in [6.07, 6.45) is 1.75. The number of primary amides is 2. The van der Waals surface area contributed by atoms with Gasteiger partial charge in [-0.05, 0) is 85.4 Å². The van der Waals surface area contributed by atoms with Crippen LogP contribution >= 0.6 is 0 Å². The Labute approximate surface area is 475 Å². The molecule has 1 saturated heterocycles. The molecule has 2 aromatic carbocycles. The number of benzene rings is 2. The number of carboxylic acids is 1. The zero-order valence-electron chi connectivity index (χ0n) is 47.7. The van der Waals surface area contributed by atoms with E-state index in [1.165, 1.54) is 35.9 Å². The van der Waals surface area contributed by atoms with Crippen molar-refractivity contribution >= 4 is 58.7 Å². The number of hydrogen-bond acceptors (Lipinski definition) is 15. The predicted octanol–water partition coefficient (Wildman–Crippen LogP) is 6.40. The van der Waals surface area contributed by atoms with E-state index < -0.39 is 54.5 Å². The van der Waals surface area contributed by atoms with Crippen molar-refractivity contribution in [1.29, 1.82) is 0 Å². The van der Waals surface area contributed by atoms with Crippen LogP contribution in [0.4, 0.5) is 14.9 Å². The van der Waals surface area contributed by atoms with Crippen molar-refractivity contribution in [3.05, 3.63) is 110 Å². The molecule has 5 unspecified atom stereocenters. The van der Waals surface area contributed by atoms with Crippen LogP contribution in [0.1, 0.15) is 138 Å². The number of nitrogens with one attached hydrogen (secondary N) is 2. The molecular formula is C59H76FN7O15. The van der Waals surface area contributed by atoms with Crippen LogP contribution in [-0.4, -0.2) is 103 Å². The standard InChI is InChI=1S/C31H42N4O11.C23H19FN2O3.2C2H6.CH3NO/c1-17(2)28(34-24(37)7-5-4-6-12-35-25(38)10-11-26(35)39)18(3)29(40)33-21-9-8-19(16-44-31(32)43)13-22(21)45-27-15-20(36)14-23(46-27)30(41)42;1-10-12-4-3-5-13-15-8-26-19(21(15)25-18(20(12)13)7-17(10)24)6-14-16(23(26)28)9-29-11(2)22(14)27;2*1-2;2-1-3/h8-11,13,17-18,20,23,27-28,36H,4-7,12,14-16H2,1-3H3,(H2,32,43)(H,33,40)(H,34,37)(H,41,42);6-7,22,27H,2-5,8-9H2,1H3;2*1-2H3;1H,(H2,2,3)/t18-,20?,23?,27?,28?;;;;/m1..../s1. The number of pyridine rings is 2. The van der Waals surface area contributed by atoms with Crippen LogP contribution in [0, 0.1) is 24.6 Å². The second-order valence-corrected chi connectivity index (χ2v) is 19.9. The first kappa shape index (κ1) is 64.8. The number of fused-ring (bicyclic) bond motifs is 5. The van der Waals surface area contributed by atoms with Crippen LogP contribution in [0.5, 0.6) is 5.75 Å². The molecule has 22 nitrogen and oxygen atoms in total. The van der Waals surface area contributed by atoms with Gasteiger partial charge < -0.3 is 60.9 Å². The summed E-state index contributed by atoms with van der Waals surface area (Å²) in [5.74, 6) is -3.34. The second kappa shape index (κ2) is 29.6. The van der Waals surface area contributed by atoms with Crippen molar-refractivity contribution in [3.8, 4) is 17.1 Å². The molecule has 4 aromatic rings. The molecule has 1 fully saturated rings. The van der Waals surface area contributed by atoms with Gasteiger partial charge >= 0.3 is 12.1 Å². The Hall–Kier alpha value is -8.02. The smallest absolute Gasteiger partial charge is 0.404 e. The lowest BCUT2D eigenvalue weighted by molar-refractivity contribution is -0.195. The molecule has 0 spiro atoms. The molecule has 5 aliphatic rings. The van der Waals surface area contributed by atoms with Gasteiger partial charge in [-0.1, -0.05) is 67.5 Å². The fraction of sp³-hybridized carbons (Fsp3) is 0.475. The Morgan fingerprint density at radius 3 is 2.27 bits per heavy atom. The number of aliphatic hydroxyl groups is 2. The maximum atomic E-state index is 14.5. The summed E-state index contributed by atoms with van der Waals surface area (Å²) >= 11 is 0. The highest BCUT2D eigenvalue weighted by Crippen LogP contribution is 2.43. The van der Waals surface area contributed by atoms with Gasteiger partial charge in [-0.3, -0.25) is 33.7 Å². The summed E-state index contributed by atoms with van der Waals surface area (Å²) in [5.41, 5.74) is 16.7. The zero-order valence-corrected chi connectivity index (χ0v) is 47.7. The van der Waals surface area contributed by atoms with Crippen LogP contribution in [0.15, 0.2) is 59.6 Å². The highest BCUT2D eigenvalue weighted by atomic mass is 19.1. The minimum absolute atomic E-state index is 0.0250. The van der Waals surface area contributed by atoms with E-state index in [2.05, 4.69) is 22.9 Å². The van der Waals surface area contributed by atoms with Crippen molar-refractivity contribution < 1.29 is 72.2 Å². The highest BCUT2D eigenvalue weighted by molar-refractivity contribution is 6.12. The number of aliphatic carboxylic acids is 1. The molecule has 23 heteroatoms. The minimum atomic E-state index is -1.29. The number of anilines is 1. The molecule has 6 amide bonds. The van der Waals surface area contributed by atoms with E-state index in [4.69, 9.17) is 34.5 Å². The number of aliphatic hydroxyl groups excluding tert-OH is 2. The molecule has 4 aliphatic heterocycles. The van der Waals surface area contributed by atoms with Crippen LogP contribution in [0.25, 0.3) is 22.3 Å². The van der Waals surface area contributed by atoms with E-state index in [0.717, 1.165) is 40.7 Å². The van der Waals surface area contributed by atoms with Crippen molar-refractivity contribution in [2.24, 2.45) is 23.3 Å². The Morgan fingerprint density at radius 1 is 0.951 bits per heavy atom. The molecule has 6 atom stereocenters. The van der Waals surface area contributed by atoms with Crippen molar-refractivity contribution in [3.63, 3.8) is 0 Å². The highest BCUT2D eigenvalue weighted by Gasteiger charge is 2.37. The van der Waals surface area contributed by atoms with Gasteiger partial charge in [0.2, 0.25) is 24.5 Å². The number of hydrogen-bond donors (Lipinski definition) is 7. The molecule has 1 aliphatic carbocycles. The van der Waals surface area contributed by atoms with Gasteiger partial charge in [0.1, 0.15) is 36.6 Å². The molecule has 82 heavy (non-hydrogen) atoms. The van der Waals surface area contributed by atoms with Crippen molar-refractivity contribution in [2.45, 2.75) is 164 Å². The SMILES string of the molecule is C=C1OCc2c(cc3n(c2=O)Cc2c-3nc3cc(F)c(C)c4c3c2CCC4)C1O.CC.CC.CC(C)C(NC(=O)CCCCCN1C(=O)C=CC1=O)[C@@H](C)C(=O)Nc1ccc(COC(N)=O)cc1OC1CC(O)CC(C(=O)O)O1.NC=O. The number of imide groups is 1. The zero-order chi connectivity index (χ0) is 60.7. The third-order valence-electron chi connectivity index (χ3n) is 14.3. The molecule has 0 bridgehead atoms. The van der Waals surface area contributed by atoms with E-state index >= 15 is 0 Å². The molecule has 0 radical (unpaired) electrons. The van der Waals surface area contributed by atoms with E-state index in [0.29, 0.717) is 65.0 Å². The number of nitrogens with zero attached hydrogens (tertiary/aromatic N) is 3. The third kappa shape index (κ3) is 15.3. The third-order valence-corrected chi connectivity index (χ3v) is 14.3. The lowest BCUT2D eigenvalue weighted by Crippen LogP contribution is -2.47. The monoisotopic (exact) mass is 1140 g/mol. The van der Waals surface area contributed by atoms with Gasteiger partial charge in [0, 0.05) is 66.6 Å². The van der Waals surface area contributed by atoms with E-state index in [1.54, 1.807) is 17.6 Å². The molecular weight excluding hydrogens is 1070 g/mol. The summed E-state index contributed by atoms with van der Waals surface area (Å²) in [4.78, 5) is 99.8. The second-order valence-electron chi connectivity index (χ2n) is 19.9. The van der Waals surface area contributed by atoms with Crippen LogP contribution < -0.4 is 32.4 Å². The Balaban J connectivity index is 0.000000290. The average molecular weight is 1140 g/mol. The molecule has 9 rings (SSSR count). The molecule has 0 saturated carbocycles. The van der Waals surface area contributed by atoms with Gasteiger partial charge in [-0.15, -0.1) is 0 Å². The summed E-state index contributed by atoms with van der Waals surface area (Å²) < 4.78 is 37.8. The Morgan fingerprint density at radius 2 is 1.62 bits per heavy atom. The topological polar surface area (TPSA) is 331 Å². The summed E-state index contributed by atoms with van der Waals surface area (Å²) in [6.45, 7) is 19.6. The lowest BCUT2D eigenvalue weighted by atomic mass is 9.85. The number of aromatic nitrogens is 2. The number of carbonyl (C=O) groups is 7. The summed E-state index contributed by atoms with van der Waals surface area (Å²) in [5, 5.41) is 36.8. The first-order valence-corrected chi connectivity index (χ1v) is 27.6. The van der Waals surface area contributed by atoms with E-state index in [1.807, 2.05) is 54.5 Å². The van der Waals surface area contributed by atoms with Gasteiger partial charge in [-0.2, -0.15) is 0 Å². The number of carbonyl (C=O) groups excluding carboxylic acids is 6. The first-order valence-electron chi connectivity index (χ1n) is 27.6. The van der Waals surface area contributed by atoms with E-state index in [-0.39, 0.29) is 97.6 Å². The van der Waals surface area contributed by atoms with Crippen molar-refractivity contribution in [1.82, 2.24) is 19.8 Å². The predicted molar refractivity (Wildman–Crippen MR) is 301 cm³/mol. The van der Waals surface area contributed by atoms with Gasteiger partial charge in [-0.25, -0.2) is 19.0 Å². The summed E-state index contributed by atoms with van der Waals surface area (Å²) in [6, 6.07) is 7.35. The quantitative estimate of drug-likeness (QED) is 0.0319. The largest absolute Gasteiger partial charge is 0.491 e. The Bertz CT molecular complexity index is 3120. The van der Waals surface area contributed by atoms with Crippen LogP contribution in [-0.2, 0) is 75.6 Å². The van der Waals surface area contributed by atoms with E-state index in [9.17, 15) is 53.3 Å². The van der Waals surface area contributed by atoms with Crippen molar-refractivity contribution in [2.75, 3.05) is 11.9 Å². The number of carboxylic acid groups (broad SMARTS) is 1. The molecule has 6 heterocycles. The summed E-state index contributed by atoms with van der Waals surface area (Å²) in [7, 11) is 0. The average Bonchev–Trinajstić information content (AvgIpc) is 2.35. The van der Waals surface area contributed by atoms with Gasteiger partial charge in [0.05, 0.1) is 46.7 Å². The fourth-order valence-electron chi connectivity index (χ4n) is 10.3. The maximum Gasteiger partial charge on any atom is 0.404 e. The van der Waals surface area contributed by atoms with Crippen LogP contribution in [0.2, 0.25) is 0 Å². The molecule has 9 N–H and O–H groups in total. The van der Waals surface area contributed by atoms with Crippen LogP contribution in [0.3, 0.4) is 0 Å². The number of nitrogens with two attached hydrogens (primary N) is 2. The molecule has 444 valence electrons. The first-order chi connectivity index (χ1) is 39.1. The minimum Gasteiger partial charge on any atom is -0.491 e. The fourth-order valence-corrected chi connectivity index (χ4v) is 10.3. The van der Waals surface area contributed by atoms with Gasteiger partial charge in [0.15, 0.2) is 6.10 Å². The maximum absolute atomic E-state index is 14.5. The number of aryl methyl sites for hydroxylation is 2. The Kier molecular flexibility index (Phi) is 23.4.